The quantitative estimate of drug-likeness (QED) is 0.158. The van der Waals surface area contributed by atoms with Crippen molar-refractivity contribution in [2.45, 2.75) is 88.4 Å². The first-order valence-corrected chi connectivity index (χ1v) is 23.8. The van der Waals surface area contributed by atoms with Crippen molar-refractivity contribution in [3.8, 4) is 11.1 Å². The molecule has 13 rings (SSSR count). The summed E-state index contributed by atoms with van der Waals surface area (Å²) < 4.78 is 0. The molecule has 6 aliphatic carbocycles. The molecule has 7 aromatic rings. The molecule has 0 aromatic heterocycles. The Morgan fingerprint density at radius 1 is 0.468 bits per heavy atom. The summed E-state index contributed by atoms with van der Waals surface area (Å²) in [6.45, 7) is 4.82. The van der Waals surface area contributed by atoms with Crippen LogP contribution in [0.5, 0.6) is 0 Å². The summed E-state index contributed by atoms with van der Waals surface area (Å²) in [7, 11) is 0. The Bertz CT molecular complexity index is 2850. The fourth-order valence-electron chi connectivity index (χ4n) is 14.6. The molecule has 3 fully saturated rings. The highest BCUT2D eigenvalue weighted by molar-refractivity contribution is 5.89. The van der Waals surface area contributed by atoms with Crippen molar-refractivity contribution in [3.05, 3.63) is 203 Å². The van der Waals surface area contributed by atoms with E-state index in [-0.39, 0.29) is 10.8 Å². The average Bonchev–Trinajstić information content (AvgIpc) is 4.14. The predicted octanol–water partition coefficient (Wildman–Crippen LogP) is 15.7. The smallest absolute Gasteiger partial charge is 0.0505 e. The Labute approximate surface area is 368 Å². The van der Waals surface area contributed by atoms with Crippen LogP contribution < -0.4 is 9.80 Å². The lowest BCUT2D eigenvalue weighted by molar-refractivity contribution is 0.177. The second-order valence-electron chi connectivity index (χ2n) is 20.3. The fraction of sp³-hybridized carbons (Fsp3) is 0.300. The Hall–Kier alpha value is -5.86. The predicted molar refractivity (Wildman–Crippen MR) is 257 cm³/mol. The van der Waals surface area contributed by atoms with Crippen molar-refractivity contribution >= 4 is 34.1 Å². The summed E-state index contributed by atoms with van der Waals surface area (Å²) in [5.41, 5.74) is 20.8. The standard InChI is InChI=1S/C60H56N2/c1-59(2)53-23-10-9-22-50(53)51-33-32-49(38-54(51)59)62(47-20-7-4-8-21-47)56-25-12-15-43-37-45-17-13-16-44-36-42-14-11-24-55(57(42)60(44,45)58(43)56)61(46-18-5-3-6-19-46)48-30-28-40(29-31-48)52-35-39-26-27-41(52)34-39/h3-12,14-15,18-25,28-33,38-39,41,44-45,52H,13,16-17,26-27,34-37H2,1-2H3. The van der Waals surface area contributed by atoms with E-state index in [4.69, 9.17) is 0 Å². The Morgan fingerprint density at radius 3 is 1.65 bits per heavy atom. The SMILES string of the molecule is CC1(C)c2ccccc2-c2ccc(N(c3ccccc3)c3cccc4c3C35c6c(cccc6N(c6ccccc6)c6ccc(C7CC8CCC7C8)cc6)CC3CCCC5C4)cc21. The average molecular weight is 805 g/mol. The first-order valence-electron chi connectivity index (χ1n) is 23.8. The highest BCUT2D eigenvalue weighted by Gasteiger charge is 2.60. The van der Waals surface area contributed by atoms with Crippen LogP contribution in [0.15, 0.2) is 164 Å². The monoisotopic (exact) mass is 804 g/mol. The number of para-hydroxylation sites is 2. The van der Waals surface area contributed by atoms with Gasteiger partial charge in [0.1, 0.15) is 0 Å². The molecule has 0 amide bonds. The van der Waals surface area contributed by atoms with Gasteiger partial charge in [0, 0.05) is 33.6 Å². The van der Waals surface area contributed by atoms with Crippen LogP contribution in [0.2, 0.25) is 0 Å². The van der Waals surface area contributed by atoms with Crippen molar-refractivity contribution in [1.29, 1.82) is 0 Å². The van der Waals surface area contributed by atoms with Crippen LogP contribution in [0.1, 0.15) is 104 Å². The van der Waals surface area contributed by atoms with Gasteiger partial charge >= 0.3 is 0 Å². The van der Waals surface area contributed by atoms with E-state index in [1.165, 1.54) is 101 Å². The normalized spacial score (nSPS) is 25.4. The molecule has 2 nitrogen and oxygen atoms in total. The highest BCUT2D eigenvalue weighted by atomic mass is 15.2. The van der Waals surface area contributed by atoms with E-state index in [9.17, 15) is 0 Å². The van der Waals surface area contributed by atoms with Crippen LogP contribution in [0, 0.1) is 23.7 Å². The molecule has 0 heterocycles. The van der Waals surface area contributed by atoms with Gasteiger partial charge in [0.25, 0.3) is 0 Å². The zero-order valence-corrected chi connectivity index (χ0v) is 36.2. The van der Waals surface area contributed by atoms with Crippen LogP contribution in [-0.4, -0.2) is 0 Å². The van der Waals surface area contributed by atoms with Crippen molar-refractivity contribution in [2.24, 2.45) is 23.7 Å². The maximum absolute atomic E-state index is 2.63. The van der Waals surface area contributed by atoms with Gasteiger partial charge in [-0.2, -0.15) is 0 Å². The molecular weight excluding hydrogens is 749 g/mol. The topological polar surface area (TPSA) is 6.48 Å². The zero-order valence-electron chi connectivity index (χ0n) is 36.2. The van der Waals surface area contributed by atoms with Crippen molar-refractivity contribution in [3.63, 3.8) is 0 Å². The molecule has 306 valence electrons. The summed E-state index contributed by atoms with van der Waals surface area (Å²) in [5.74, 6) is 3.63. The minimum Gasteiger partial charge on any atom is -0.310 e. The molecule has 2 bridgehead atoms. The molecule has 6 unspecified atom stereocenters. The third kappa shape index (κ3) is 5.22. The fourth-order valence-corrected chi connectivity index (χ4v) is 14.6. The van der Waals surface area contributed by atoms with Crippen LogP contribution in [-0.2, 0) is 23.7 Å². The molecule has 2 heteroatoms. The van der Waals surface area contributed by atoms with Crippen molar-refractivity contribution in [2.75, 3.05) is 9.80 Å². The van der Waals surface area contributed by atoms with E-state index in [0.717, 1.165) is 30.6 Å². The van der Waals surface area contributed by atoms with Crippen LogP contribution in [0.4, 0.5) is 34.1 Å². The number of fused-ring (bicyclic) bond motifs is 7. The lowest BCUT2D eigenvalue weighted by atomic mass is 9.58. The molecule has 6 aliphatic rings. The third-order valence-corrected chi connectivity index (χ3v) is 17.1. The number of hydrogen-bond acceptors (Lipinski definition) is 2. The summed E-state index contributed by atoms with van der Waals surface area (Å²) in [6, 6.07) is 63.3. The minimum absolute atomic E-state index is 0.0870. The van der Waals surface area contributed by atoms with Crippen LogP contribution in [0.25, 0.3) is 11.1 Å². The van der Waals surface area contributed by atoms with E-state index < -0.39 is 0 Å². The summed E-state index contributed by atoms with van der Waals surface area (Å²) in [5, 5.41) is 0. The van der Waals surface area contributed by atoms with Gasteiger partial charge < -0.3 is 9.80 Å². The number of nitrogens with zero attached hydrogens (tertiary/aromatic N) is 2. The Morgan fingerprint density at radius 2 is 1.03 bits per heavy atom. The summed E-state index contributed by atoms with van der Waals surface area (Å²) in [6.07, 6.45) is 11.8. The van der Waals surface area contributed by atoms with Gasteiger partial charge in [0.05, 0.1) is 11.4 Å². The Balaban J connectivity index is 1.01. The number of rotatable bonds is 7. The molecule has 0 aliphatic heterocycles. The van der Waals surface area contributed by atoms with Crippen molar-refractivity contribution < 1.29 is 0 Å². The van der Waals surface area contributed by atoms with E-state index >= 15 is 0 Å². The molecule has 1 spiro atoms. The molecule has 0 N–H and O–H groups in total. The molecule has 6 atom stereocenters. The maximum atomic E-state index is 2.63. The summed E-state index contributed by atoms with van der Waals surface area (Å²) >= 11 is 0. The van der Waals surface area contributed by atoms with Crippen molar-refractivity contribution in [1.82, 2.24) is 0 Å². The molecule has 62 heavy (non-hydrogen) atoms. The zero-order chi connectivity index (χ0) is 41.2. The largest absolute Gasteiger partial charge is 0.310 e. The third-order valence-electron chi connectivity index (χ3n) is 17.1. The van der Waals surface area contributed by atoms with Crippen LogP contribution in [0.3, 0.4) is 0 Å². The molecule has 0 radical (unpaired) electrons. The molecule has 3 saturated carbocycles. The van der Waals surface area contributed by atoms with Gasteiger partial charge in [0.2, 0.25) is 0 Å². The second-order valence-corrected chi connectivity index (χ2v) is 20.3. The van der Waals surface area contributed by atoms with E-state index in [1.807, 2.05) is 0 Å². The number of benzene rings is 7. The van der Waals surface area contributed by atoms with Gasteiger partial charge in [-0.1, -0.05) is 130 Å². The molecular formula is C60H56N2. The first-order chi connectivity index (χ1) is 30.5. The van der Waals surface area contributed by atoms with Gasteiger partial charge in [0.15, 0.2) is 0 Å². The minimum atomic E-state index is -0.106. The highest BCUT2D eigenvalue weighted by Crippen LogP contribution is 2.67. The molecule has 0 saturated heterocycles. The van der Waals surface area contributed by atoms with Gasteiger partial charge in [-0.25, -0.2) is 0 Å². The number of hydrogen-bond donors (Lipinski definition) is 0. The Kier molecular flexibility index (Phi) is 8.19. The maximum Gasteiger partial charge on any atom is 0.0505 e. The van der Waals surface area contributed by atoms with E-state index in [2.05, 4.69) is 187 Å². The van der Waals surface area contributed by atoms with E-state index in [0.29, 0.717) is 11.8 Å². The van der Waals surface area contributed by atoms with Crippen LogP contribution >= 0.6 is 0 Å². The van der Waals surface area contributed by atoms with E-state index in [1.54, 1.807) is 27.8 Å². The number of anilines is 6. The van der Waals surface area contributed by atoms with Gasteiger partial charge in [-0.15, -0.1) is 0 Å². The lowest BCUT2D eigenvalue weighted by Crippen LogP contribution is -2.42. The first kappa shape index (κ1) is 36.8. The summed E-state index contributed by atoms with van der Waals surface area (Å²) in [4.78, 5) is 5.26. The molecule has 7 aromatic carbocycles. The lowest BCUT2D eigenvalue weighted by Gasteiger charge is -2.46. The second kappa shape index (κ2) is 13.8. The van der Waals surface area contributed by atoms with Gasteiger partial charge in [-0.3, -0.25) is 0 Å². The van der Waals surface area contributed by atoms with Gasteiger partial charge in [-0.05, 0) is 185 Å².